The molecule has 0 aliphatic rings. The molecule has 40 heavy (non-hydrogen) atoms. The van der Waals surface area contributed by atoms with Crippen LogP contribution in [0.3, 0.4) is 0 Å². The predicted octanol–water partition coefficient (Wildman–Crippen LogP) is 5.33. The van der Waals surface area contributed by atoms with Gasteiger partial charge in [0.05, 0.1) is 23.0 Å². The fourth-order valence-electron chi connectivity index (χ4n) is 4.32. The number of carbonyl (C=O) groups is 1. The van der Waals surface area contributed by atoms with E-state index in [1.807, 2.05) is 40.7 Å². The second kappa shape index (κ2) is 10.3. The topological polar surface area (TPSA) is 145 Å². The average molecular weight is 542 g/mol. The summed E-state index contributed by atoms with van der Waals surface area (Å²) in [7, 11) is 1.73. The number of amides is 2. The minimum Gasteiger partial charge on any atom is -0.364 e. The van der Waals surface area contributed by atoms with Crippen LogP contribution in [0.5, 0.6) is 0 Å². The van der Waals surface area contributed by atoms with Gasteiger partial charge in [-0.3, -0.25) is 14.0 Å². The van der Waals surface area contributed by atoms with Crippen molar-refractivity contribution < 1.29 is 9.32 Å². The third-order valence-electron chi connectivity index (χ3n) is 6.30. The minimum atomic E-state index is -0.464. The van der Waals surface area contributed by atoms with E-state index in [-0.39, 0.29) is 17.1 Å². The lowest BCUT2D eigenvalue weighted by molar-refractivity contribution is 0.262. The highest BCUT2D eigenvalue weighted by Gasteiger charge is 2.21. The van der Waals surface area contributed by atoms with Crippen molar-refractivity contribution in [3.63, 3.8) is 0 Å². The van der Waals surface area contributed by atoms with Crippen LogP contribution >= 0.6 is 0 Å². The quantitative estimate of drug-likeness (QED) is 0.261. The standard InChI is InChI=1S/C28H31N9O3/c1-16(2)37-24-18(12-30-26(29-6)34-24)11-21(25(37)38)17-8-7-9-20(10-17)32-27(39)33-22-14-36(28(3,4)5)35-23(22)19-13-31-40-15-19/h7-16H,1-6H3,(H,29,30,34)(H2,32,33,39). The molecule has 0 fully saturated rings. The highest BCUT2D eigenvalue weighted by molar-refractivity contribution is 6.02. The lowest BCUT2D eigenvalue weighted by atomic mass is 10.0. The summed E-state index contributed by atoms with van der Waals surface area (Å²) in [5.41, 5.74) is 3.39. The number of hydrogen-bond donors (Lipinski definition) is 3. The Labute approximate surface area is 230 Å². The van der Waals surface area contributed by atoms with Gasteiger partial charge in [-0.05, 0) is 58.4 Å². The van der Waals surface area contributed by atoms with Crippen LogP contribution in [0.25, 0.3) is 33.4 Å². The van der Waals surface area contributed by atoms with E-state index < -0.39 is 6.03 Å². The van der Waals surface area contributed by atoms with Crippen molar-refractivity contribution in [3.8, 4) is 22.4 Å². The first-order valence-electron chi connectivity index (χ1n) is 12.8. The normalized spacial score (nSPS) is 11.7. The van der Waals surface area contributed by atoms with Crippen LogP contribution in [0.2, 0.25) is 0 Å². The van der Waals surface area contributed by atoms with Gasteiger partial charge in [-0.2, -0.15) is 10.1 Å². The molecule has 0 bridgehead atoms. The zero-order valence-corrected chi connectivity index (χ0v) is 23.2. The number of carbonyl (C=O) groups excluding carboxylic acids is 1. The molecule has 0 atom stereocenters. The first-order chi connectivity index (χ1) is 19.0. The van der Waals surface area contributed by atoms with Gasteiger partial charge >= 0.3 is 6.03 Å². The summed E-state index contributed by atoms with van der Waals surface area (Å²) in [4.78, 5) is 35.5. The summed E-state index contributed by atoms with van der Waals surface area (Å²) in [6.45, 7) is 9.91. The SMILES string of the molecule is CNc1ncc2cc(-c3cccc(NC(=O)Nc4cn(C(C)(C)C)nc4-c4cnoc4)c3)c(=O)n(C(C)C)c2n1. The van der Waals surface area contributed by atoms with Gasteiger partial charge in [-0.25, -0.2) is 9.78 Å². The number of aromatic nitrogens is 6. The number of hydrogen-bond acceptors (Lipinski definition) is 8. The number of anilines is 3. The van der Waals surface area contributed by atoms with Crippen LogP contribution < -0.4 is 21.5 Å². The van der Waals surface area contributed by atoms with Crippen molar-refractivity contribution in [1.82, 2.24) is 29.5 Å². The van der Waals surface area contributed by atoms with E-state index >= 15 is 0 Å². The summed E-state index contributed by atoms with van der Waals surface area (Å²) >= 11 is 0. The Kier molecular flexibility index (Phi) is 6.84. The fraction of sp³-hybridized carbons (Fsp3) is 0.286. The van der Waals surface area contributed by atoms with E-state index in [9.17, 15) is 9.59 Å². The summed E-state index contributed by atoms with van der Waals surface area (Å²) in [6, 6.07) is 8.32. The number of fused-ring (bicyclic) bond motifs is 1. The summed E-state index contributed by atoms with van der Waals surface area (Å²) in [6.07, 6.45) is 6.47. The van der Waals surface area contributed by atoms with Crippen molar-refractivity contribution in [2.45, 2.75) is 46.2 Å². The smallest absolute Gasteiger partial charge is 0.323 e. The molecule has 0 aliphatic carbocycles. The molecule has 0 saturated heterocycles. The summed E-state index contributed by atoms with van der Waals surface area (Å²) in [5.74, 6) is 0.437. The number of nitrogens with zero attached hydrogens (tertiary/aromatic N) is 6. The van der Waals surface area contributed by atoms with Gasteiger partial charge < -0.3 is 20.5 Å². The van der Waals surface area contributed by atoms with Gasteiger partial charge in [0, 0.05) is 42.1 Å². The molecule has 5 rings (SSSR count). The highest BCUT2D eigenvalue weighted by Crippen LogP contribution is 2.30. The van der Waals surface area contributed by atoms with Crippen LogP contribution in [-0.2, 0) is 5.54 Å². The van der Waals surface area contributed by atoms with Crippen LogP contribution in [0.1, 0.15) is 40.7 Å². The van der Waals surface area contributed by atoms with E-state index in [2.05, 4.69) is 36.2 Å². The van der Waals surface area contributed by atoms with E-state index in [0.717, 1.165) is 5.39 Å². The molecule has 0 radical (unpaired) electrons. The van der Waals surface area contributed by atoms with Crippen LogP contribution in [-0.4, -0.2) is 42.6 Å². The zero-order chi connectivity index (χ0) is 28.6. The van der Waals surface area contributed by atoms with E-state index in [1.165, 1.54) is 6.26 Å². The van der Waals surface area contributed by atoms with Crippen molar-refractivity contribution in [1.29, 1.82) is 0 Å². The lowest BCUT2D eigenvalue weighted by Crippen LogP contribution is -2.25. The Balaban J connectivity index is 1.46. The Hall–Kier alpha value is -5.00. The molecule has 4 aromatic heterocycles. The largest absolute Gasteiger partial charge is 0.364 e. The number of pyridine rings is 1. The number of rotatable bonds is 6. The van der Waals surface area contributed by atoms with Crippen LogP contribution in [0, 0.1) is 0 Å². The van der Waals surface area contributed by atoms with E-state index in [0.29, 0.717) is 45.4 Å². The Morgan fingerprint density at radius 3 is 2.55 bits per heavy atom. The molecule has 12 nitrogen and oxygen atoms in total. The van der Waals surface area contributed by atoms with Gasteiger partial charge in [0.2, 0.25) is 5.95 Å². The van der Waals surface area contributed by atoms with Crippen molar-refractivity contribution in [3.05, 3.63) is 65.5 Å². The molecule has 5 aromatic rings. The number of benzene rings is 1. The maximum Gasteiger partial charge on any atom is 0.323 e. The Morgan fingerprint density at radius 1 is 1.07 bits per heavy atom. The van der Waals surface area contributed by atoms with Crippen molar-refractivity contribution >= 4 is 34.4 Å². The molecule has 206 valence electrons. The Bertz CT molecular complexity index is 1750. The summed E-state index contributed by atoms with van der Waals surface area (Å²) in [5, 5.41) is 17.8. The first kappa shape index (κ1) is 26.6. The number of nitrogens with one attached hydrogen (secondary N) is 3. The second-order valence-corrected chi connectivity index (χ2v) is 10.6. The Morgan fingerprint density at radius 2 is 1.88 bits per heavy atom. The molecule has 0 unspecified atom stereocenters. The average Bonchev–Trinajstić information content (AvgIpc) is 3.58. The van der Waals surface area contributed by atoms with E-state index in [1.54, 1.807) is 59.2 Å². The van der Waals surface area contributed by atoms with Gasteiger partial charge in [0.25, 0.3) is 5.56 Å². The minimum absolute atomic E-state index is 0.129. The highest BCUT2D eigenvalue weighted by atomic mass is 16.5. The van der Waals surface area contributed by atoms with Gasteiger partial charge in [0.15, 0.2) is 0 Å². The first-order valence-corrected chi connectivity index (χ1v) is 12.8. The molecule has 0 spiro atoms. The molecule has 12 heteroatoms. The molecule has 3 N–H and O–H groups in total. The fourth-order valence-corrected chi connectivity index (χ4v) is 4.32. The molecule has 1 aromatic carbocycles. The molecule has 0 saturated carbocycles. The molecule has 0 aliphatic heterocycles. The molecular formula is C28H31N9O3. The zero-order valence-electron chi connectivity index (χ0n) is 23.2. The maximum atomic E-state index is 13.6. The molecule has 4 heterocycles. The predicted molar refractivity (Wildman–Crippen MR) is 155 cm³/mol. The third-order valence-corrected chi connectivity index (χ3v) is 6.30. The second-order valence-electron chi connectivity index (χ2n) is 10.6. The molecule has 2 amide bonds. The van der Waals surface area contributed by atoms with Gasteiger partial charge in [-0.15, -0.1) is 0 Å². The van der Waals surface area contributed by atoms with E-state index in [4.69, 9.17) is 4.52 Å². The van der Waals surface area contributed by atoms with Crippen molar-refractivity contribution in [2.75, 3.05) is 23.0 Å². The third kappa shape index (κ3) is 5.15. The maximum absolute atomic E-state index is 13.6. The number of urea groups is 1. The molecular weight excluding hydrogens is 510 g/mol. The lowest BCUT2D eigenvalue weighted by Gasteiger charge is -2.18. The summed E-state index contributed by atoms with van der Waals surface area (Å²) < 4.78 is 8.40. The van der Waals surface area contributed by atoms with Gasteiger partial charge in [0.1, 0.15) is 17.6 Å². The monoisotopic (exact) mass is 541 g/mol. The van der Waals surface area contributed by atoms with Gasteiger partial charge in [-0.1, -0.05) is 17.3 Å². The van der Waals surface area contributed by atoms with Crippen molar-refractivity contribution in [2.24, 2.45) is 0 Å². The van der Waals surface area contributed by atoms with Crippen LogP contribution in [0.4, 0.5) is 22.1 Å². The van der Waals surface area contributed by atoms with Crippen LogP contribution in [0.15, 0.2) is 64.5 Å².